The molecule has 4 amide bonds. The van der Waals surface area contributed by atoms with Gasteiger partial charge in [0, 0.05) is 19.6 Å². The monoisotopic (exact) mass is 580 g/mol. The molecule has 0 spiro atoms. The van der Waals surface area contributed by atoms with Crippen LogP contribution in [0.25, 0.3) is 0 Å². The zero-order valence-corrected chi connectivity index (χ0v) is 23.1. The van der Waals surface area contributed by atoms with Gasteiger partial charge in [-0.05, 0) is 36.9 Å². The fourth-order valence-electron chi connectivity index (χ4n) is 4.88. The van der Waals surface area contributed by atoms with Crippen LogP contribution in [0, 0.1) is 0 Å². The molecule has 4 rings (SSSR count). The van der Waals surface area contributed by atoms with Gasteiger partial charge >= 0.3 is 19.1 Å². The Bertz CT molecular complexity index is 1360. The third-order valence-electron chi connectivity index (χ3n) is 7.29. The van der Waals surface area contributed by atoms with Crippen LogP contribution < -0.4 is 10.1 Å². The van der Waals surface area contributed by atoms with Crippen molar-refractivity contribution in [3.8, 4) is 11.5 Å². The van der Waals surface area contributed by atoms with Crippen LogP contribution in [-0.2, 0) is 16.0 Å². The van der Waals surface area contributed by atoms with E-state index in [4.69, 9.17) is 14.8 Å². The number of benzene rings is 2. The molecule has 2 saturated heterocycles. The lowest BCUT2D eigenvalue weighted by atomic mass is 9.82. The van der Waals surface area contributed by atoms with Crippen LogP contribution in [0.2, 0.25) is 6.32 Å². The highest BCUT2D eigenvalue weighted by atomic mass is 16.5. The fourth-order valence-corrected chi connectivity index (χ4v) is 4.88. The number of likely N-dealkylation sites (N-methyl/N-ethyl adjacent to an activating group) is 1. The van der Waals surface area contributed by atoms with Crippen molar-refractivity contribution in [2.24, 2.45) is 0 Å². The Kier molecular flexibility index (Phi) is 9.38. The summed E-state index contributed by atoms with van der Waals surface area (Å²) in [7, 11) is -1.61. The molecular formula is C28H33BN4O9. The van der Waals surface area contributed by atoms with E-state index in [2.05, 4.69) is 11.9 Å². The number of carboxylic acids is 1. The second kappa shape index (κ2) is 13.0. The molecule has 0 bridgehead atoms. The number of likely N-dealkylation sites (tertiary alicyclic amines) is 1. The summed E-state index contributed by atoms with van der Waals surface area (Å²) in [6, 6.07) is 9.77. The number of aromatic carboxylic acids is 1. The van der Waals surface area contributed by atoms with Crippen molar-refractivity contribution >= 4 is 30.9 Å². The van der Waals surface area contributed by atoms with E-state index in [0.29, 0.717) is 18.7 Å². The van der Waals surface area contributed by atoms with Crippen molar-refractivity contribution in [2.75, 3.05) is 32.7 Å². The van der Waals surface area contributed by atoms with Crippen molar-refractivity contribution in [3.63, 3.8) is 0 Å². The van der Waals surface area contributed by atoms with Gasteiger partial charge in [0.25, 0.3) is 5.91 Å². The first-order valence-corrected chi connectivity index (χ1v) is 13.5. The van der Waals surface area contributed by atoms with Crippen LogP contribution in [-0.4, -0.2) is 105 Å². The Morgan fingerprint density at radius 2 is 1.81 bits per heavy atom. The first-order chi connectivity index (χ1) is 20.0. The minimum absolute atomic E-state index is 0.0216. The van der Waals surface area contributed by atoms with Crippen LogP contribution in [0.1, 0.15) is 34.5 Å². The molecule has 5 N–H and O–H groups in total. The summed E-state index contributed by atoms with van der Waals surface area (Å²) in [6.45, 7) is 6.85. The maximum Gasteiger partial charge on any atom is 0.451 e. The number of aromatic hydroxyl groups is 1. The van der Waals surface area contributed by atoms with Gasteiger partial charge in [0.05, 0.1) is 13.1 Å². The number of urea groups is 1. The molecule has 0 saturated carbocycles. The first kappa shape index (κ1) is 30.4. The van der Waals surface area contributed by atoms with Gasteiger partial charge in [0.1, 0.15) is 34.9 Å². The van der Waals surface area contributed by atoms with Crippen LogP contribution in [0.3, 0.4) is 0 Å². The normalized spacial score (nSPS) is 16.1. The van der Waals surface area contributed by atoms with Gasteiger partial charge in [-0.25, -0.2) is 9.59 Å². The van der Waals surface area contributed by atoms with E-state index < -0.39 is 48.5 Å². The quantitative estimate of drug-likeness (QED) is 0.201. The van der Waals surface area contributed by atoms with Gasteiger partial charge in [0.15, 0.2) is 0 Å². The number of hydrogen-bond donors (Lipinski definition) is 5. The molecule has 2 aromatic carbocycles. The minimum atomic E-state index is -1.61. The topological polar surface area (TPSA) is 180 Å². The number of piperazine rings is 1. The molecule has 0 radical (unpaired) electrons. The maximum atomic E-state index is 13.6. The second-order valence-corrected chi connectivity index (χ2v) is 10.0. The summed E-state index contributed by atoms with van der Waals surface area (Å²) >= 11 is 0. The largest absolute Gasteiger partial charge is 0.507 e. The number of nitrogens with zero attached hydrogens (tertiary/aromatic N) is 3. The number of aryl methyl sites for hydroxylation is 1. The molecule has 13 nitrogen and oxygen atoms in total. The summed E-state index contributed by atoms with van der Waals surface area (Å²) in [6.07, 6.45) is -0.633. The molecule has 0 aliphatic carbocycles. The van der Waals surface area contributed by atoms with Crippen LogP contribution in [0.15, 0.2) is 54.7 Å². The maximum absolute atomic E-state index is 13.6. The minimum Gasteiger partial charge on any atom is -0.507 e. The lowest BCUT2D eigenvalue weighted by molar-refractivity contribution is -0.142. The number of rotatable bonds is 10. The molecule has 1 atom stereocenters. The Morgan fingerprint density at radius 1 is 1.12 bits per heavy atom. The first-order valence-electron chi connectivity index (χ1n) is 13.5. The average molecular weight is 580 g/mol. The average Bonchev–Trinajstić information content (AvgIpc) is 2.94. The van der Waals surface area contributed by atoms with E-state index in [0.717, 1.165) is 0 Å². The highest BCUT2D eigenvalue weighted by Gasteiger charge is 2.39. The smallest absolute Gasteiger partial charge is 0.451 e. The van der Waals surface area contributed by atoms with E-state index in [9.17, 15) is 29.4 Å². The predicted octanol–water partition coefficient (Wildman–Crippen LogP) is 0.824. The van der Waals surface area contributed by atoms with Crippen LogP contribution in [0.4, 0.5) is 4.79 Å². The number of carbonyl (C=O) groups excluding carboxylic acids is 3. The fraction of sp³-hybridized carbons (Fsp3) is 0.357. The molecule has 0 unspecified atom stereocenters. The van der Waals surface area contributed by atoms with E-state index in [1.54, 1.807) is 35.2 Å². The molecule has 222 valence electrons. The van der Waals surface area contributed by atoms with Gasteiger partial charge in [-0.15, -0.1) is 0 Å². The Labute approximate surface area is 242 Å². The van der Waals surface area contributed by atoms with Gasteiger partial charge in [-0.1, -0.05) is 43.0 Å². The standard InChI is InChI=1S/C28H33BN4O9/c1-3-31-13-14-33(17(2)25(31)35)28(39)30-23(18-7-5-4-6-8-18)26(36)32-15-20(16-32)42-21-10-9-19(11-12-29(40)41)24(34)22(21)27(37)38/h4-10,20,23,34,40-41H,2-3,11-16H2,1H3,(H,30,39)(H,37,38)/t23-/m1/s1. The highest BCUT2D eigenvalue weighted by molar-refractivity contribution is 6.41. The summed E-state index contributed by atoms with van der Waals surface area (Å²) in [4.78, 5) is 55.4. The number of carbonyl (C=O) groups is 4. The van der Waals surface area contributed by atoms with Gasteiger partial charge in [0.2, 0.25) is 5.91 Å². The molecule has 0 aromatic heterocycles. The summed E-state index contributed by atoms with van der Waals surface area (Å²) in [5, 5.41) is 41.1. The Morgan fingerprint density at radius 3 is 2.43 bits per heavy atom. The predicted molar refractivity (Wildman–Crippen MR) is 151 cm³/mol. The molecule has 14 heteroatoms. The van der Waals surface area contributed by atoms with Crippen molar-refractivity contribution in [1.82, 2.24) is 20.0 Å². The number of phenols is 1. The number of nitrogens with one attached hydrogen (secondary N) is 1. The SMILES string of the molecule is C=C1C(=O)N(CC)CCN1C(=O)N[C@@H](C(=O)N1CC(Oc2ccc(CCB(O)O)c(O)c2C(=O)O)C1)c1ccccc1. The lowest BCUT2D eigenvalue weighted by Crippen LogP contribution is -2.60. The van der Waals surface area contributed by atoms with Crippen molar-refractivity contribution in [2.45, 2.75) is 31.8 Å². The molecule has 42 heavy (non-hydrogen) atoms. The third-order valence-corrected chi connectivity index (χ3v) is 7.29. The lowest BCUT2D eigenvalue weighted by Gasteiger charge is -2.41. The van der Waals surface area contributed by atoms with Gasteiger partial charge < -0.3 is 40.1 Å². The Hall–Kier alpha value is -4.56. The second-order valence-electron chi connectivity index (χ2n) is 10.0. The van der Waals surface area contributed by atoms with E-state index >= 15 is 0 Å². The van der Waals surface area contributed by atoms with Gasteiger partial charge in [-0.3, -0.25) is 14.5 Å². The number of amides is 4. The number of hydrogen-bond acceptors (Lipinski definition) is 8. The zero-order chi connectivity index (χ0) is 30.6. The third kappa shape index (κ3) is 6.50. The van der Waals surface area contributed by atoms with E-state index in [-0.39, 0.29) is 55.3 Å². The summed E-state index contributed by atoms with van der Waals surface area (Å²) < 4.78 is 5.81. The molecule has 2 aliphatic rings. The molecular weight excluding hydrogens is 547 g/mol. The Balaban J connectivity index is 1.44. The number of carboxylic acid groups (broad SMARTS) is 1. The van der Waals surface area contributed by atoms with E-state index in [1.165, 1.54) is 21.9 Å². The molecule has 2 aliphatic heterocycles. The summed E-state index contributed by atoms with van der Waals surface area (Å²) in [5.74, 6) is -2.81. The van der Waals surface area contributed by atoms with Gasteiger partial charge in [-0.2, -0.15) is 0 Å². The molecule has 2 aromatic rings. The van der Waals surface area contributed by atoms with Crippen LogP contribution >= 0.6 is 0 Å². The summed E-state index contributed by atoms with van der Waals surface area (Å²) in [5.41, 5.74) is 0.316. The van der Waals surface area contributed by atoms with Crippen molar-refractivity contribution < 1.29 is 44.2 Å². The number of ether oxygens (including phenoxy) is 1. The zero-order valence-electron chi connectivity index (χ0n) is 23.1. The molecule has 2 heterocycles. The molecule has 2 fully saturated rings. The van der Waals surface area contributed by atoms with Crippen molar-refractivity contribution in [1.29, 1.82) is 0 Å². The highest BCUT2D eigenvalue weighted by Crippen LogP contribution is 2.34. The van der Waals surface area contributed by atoms with Crippen molar-refractivity contribution in [3.05, 3.63) is 71.4 Å². The van der Waals surface area contributed by atoms with Crippen LogP contribution in [0.5, 0.6) is 11.5 Å². The van der Waals surface area contributed by atoms with E-state index in [1.807, 2.05) is 6.92 Å².